The molecule has 0 aliphatic carbocycles. The Morgan fingerprint density at radius 1 is 0.450 bits per heavy atom. The van der Waals surface area contributed by atoms with E-state index in [1.54, 1.807) is 0 Å². The van der Waals surface area contributed by atoms with Crippen molar-refractivity contribution in [2.45, 2.75) is 0 Å². The van der Waals surface area contributed by atoms with Crippen LogP contribution in [0.15, 0.2) is 109 Å². The molecule has 5 aromatic carbocycles. The van der Waals surface area contributed by atoms with Gasteiger partial charge < -0.3 is 18.4 Å². The summed E-state index contributed by atoms with van der Waals surface area (Å²) >= 11 is 0. The summed E-state index contributed by atoms with van der Waals surface area (Å²) < 4.78 is 18.2. The van der Waals surface area contributed by atoms with Crippen molar-refractivity contribution in [1.82, 2.24) is 8.96 Å². The van der Waals surface area contributed by atoms with Crippen LogP contribution in [-0.2, 0) is 0 Å². The molecule has 0 amide bonds. The smallest absolute Gasteiger partial charge is 0.335 e. The molecule has 0 radical (unpaired) electrons. The molecule has 0 bridgehead atoms. The molecular weight excluding hydrogens is 490 g/mol. The van der Waals surface area contributed by atoms with E-state index in [1.807, 2.05) is 0 Å². The summed E-state index contributed by atoms with van der Waals surface area (Å²) in [6.07, 6.45) is 4.48. The summed E-state index contributed by atoms with van der Waals surface area (Å²) in [5, 5.41) is 2.53. The van der Waals surface area contributed by atoms with E-state index in [9.17, 15) is 0 Å². The van der Waals surface area contributed by atoms with Gasteiger partial charge in [0.1, 0.15) is 23.0 Å². The van der Waals surface area contributed by atoms with Gasteiger partial charge in [-0.25, -0.2) is 0 Å². The second-order valence-electron chi connectivity index (χ2n) is 11.3. The Hall–Kier alpha value is -5.09. The van der Waals surface area contributed by atoms with Gasteiger partial charge in [0.15, 0.2) is 0 Å². The quantitative estimate of drug-likeness (QED) is 0.268. The van der Waals surface area contributed by atoms with E-state index in [4.69, 9.17) is 9.47 Å². The number of nitrogens with zero attached hydrogens (tertiary/aromatic N) is 2. The maximum Gasteiger partial charge on any atom is 0.335 e. The van der Waals surface area contributed by atoms with Gasteiger partial charge in [0, 0.05) is 39.2 Å². The Kier molecular flexibility index (Phi) is 3.26. The lowest BCUT2D eigenvalue weighted by molar-refractivity contribution is 0.465. The van der Waals surface area contributed by atoms with Crippen molar-refractivity contribution in [2.75, 3.05) is 0 Å². The molecule has 0 unspecified atom stereocenters. The maximum atomic E-state index is 6.67. The second kappa shape index (κ2) is 6.54. The van der Waals surface area contributed by atoms with Gasteiger partial charge in [0.25, 0.3) is 0 Å². The number of fused-ring (bicyclic) bond motifs is 8. The van der Waals surface area contributed by atoms with Crippen molar-refractivity contribution in [2.24, 2.45) is 0 Å². The second-order valence-corrected chi connectivity index (χ2v) is 11.3. The topological polar surface area (TPSA) is 28.3 Å². The Labute approximate surface area is 230 Å². The summed E-state index contributed by atoms with van der Waals surface area (Å²) in [5.41, 5.74) is 12.4. The highest BCUT2D eigenvalue weighted by Gasteiger charge is 2.44. The molecule has 0 spiro atoms. The maximum absolute atomic E-state index is 6.67. The minimum absolute atomic E-state index is 0.0323. The van der Waals surface area contributed by atoms with E-state index in [0.717, 1.165) is 23.0 Å². The van der Waals surface area contributed by atoms with Crippen LogP contribution in [0.3, 0.4) is 0 Å². The number of rotatable bonds is 0. The van der Waals surface area contributed by atoms with E-state index in [2.05, 4.69) is 118 Å². The molecule has 6 heteroatoms. The average molecular weight is 508 g/mol. The number of hydrogen-bond donors (Lipinski definition) is 0. The summed E-state index contributed by atoms with van der Waals surface area (Å²) in [5.74, 6) is 3.57. The van der Waals surface area contributed by atoms with Crippen LogP contribution in [0.25, 0.3) is 44.1 Å². The molecule has 2 aromatic heterocycles. The first kappa shape index (κ1) is 19.9. The number of benzene rings is 5. The molecule has 4 aliphatic heterocycles. The average Bonchev–Trinajstić information content (AvgIpc) is 3.62. The molecular formula is C34H18B2N2O2. The highest BCUT2D eigenvalue weighted by Crippen LogP contribution is 2.42. The largest absolute Gasteiger partial charge is 0.458 e. The summed E-state index contributed by atoms with van der Waals surface area (Å²) in [7, 11) is 0. The number of hydrogen-bond acceptors (Lipinski definition) is 2. The first-order chi connectivity index (χ1) is 19.8. The van der Waals surface area contributed by atoms with Gasteiger partial charge in [-0.3, -0.25) is 0 Å². The molecule has 0 atom stereocenters. The molecule has 40 heavy (non-hydrogen) atoms. The first-order valence-electron chi connectivity index (χ1n) is 13.8. The van der Waals surface area contributed by atoms with Gasteiger partial charge in [-0.15, -0.1) is 0 Å². The normalized spacial score (nSPS) is 14.3. The number of para-hydroxylation sites is 2. The zero-order valence-corrected chi connectivity index (χ0v) is 21.3. The van der Waals surface area contributed by atoms with Crippen LogP contribution in [0.1, 0.15) is 0 Å². The van der Waals surface area contributed by atoms with Crippen molar-refractivity contribution >= 4 is 57.4 Å². The van der Waals surface area contributed by atoms with Gasteiger partial charge in [-0.05, 0) is 69.5 Å². The first-order valence-corrected chi connectivity index (χ1v) is 13.8. The highest BCUT2D eigenvalue weighted by atomic mass is 16.5. The van der Waals surface area contributed by atoms with Crippen LogP contribution in [-0.4, -0.2) is 22.7 Å². The van der Waals surface area contributed by atoms with Crippen molar-refractivity contribution in [3.8, 4) is 45.3 Å². The highest BCUT2D eigenvalue weighted by molar-refractivity contribution is 6.91. The SMILES string of the molecule is c1cc2c3c(c1)-c1cccc4ccn(c14)B3c1cc3c(cc1O2)Oc1cccc2c1B3n1ccc3cccc-2c31. The van der Waals surface area contributed by atoms with Crippen LogP contribution in [0.4, 0.5) is 0 Å². The molecule has 7 aromatic rings. The molecule has 0 N–H and O–H groups in total. The fraction of sp³-hybridized carbons (Fsp3) is 0. The molecule has 6 heterocycles. The van der Waals surface area contributed by atoms with E-state index in [0.29, 0.717) is 0 Å². The van der Waals surface area contributed by atoms with Crippen molar-refractivity contribution in [3.05, 3.63) is 109 Å². The molecule has 4 nitrogen and oxygen atoms in total. The Bertz CT molecular complexity index is 2160. The Balaban J connectivity index is 1.23. The van der Waals surface area contributed by atoms with E-state index in [-0.39, 0.29) is 13.7 Å². The number of aromatic nitrogens is 2. The molecule has 0 saturated carbocycles. The van der Waals surface area contributed by atoms with Crippen molar-refractivity contribution < 1.29 is 9.47 Å². The minimum Gasteiger partial charge on any atom is -0.458 e. The zero-order chi connectivity index (χ0) is 25.7. The number of ether oxygens (including phenoxy) is 2. The Morgan fingerprint density at radius 2 is 0.925 bits per heavy atom. The van der Waals surface area contributed by atoms with E-state index in [1.165, 1.54) is 65.9 Å². The standard InChI is InChI=1S/C34H18B2N2O2/c1-5-19-13-15-37-33(19)23(9-1)21-7-3-11-27-31(21)35(37)25-17-26-30(18-29(25)39-27)40-28-12-4-8-22-24-10-2-6-20-14-16-38(34(20)24)36(26)32(22)28/h1-18H. The lowest BCUT2D eigenvalue weighted by Gasteiger charge is -2.36. The summed E-state index contributed by atoms with van der Waals surface area (Å²) in [6.45, 7) is 0.0645. The third-order valence-electron chi connectivity index (χ3n) is 9.47. The molecule has 0 saturated heterocycles. The minimum atomic E-state index is 0.0323. The summed E-state index contributed by atoms with van der Waals surface area (Å²) in [6, 6.07) is 35.0. The van der Waals surface area contributed by atoms with Crippen LogP contribution >= 0.6 is 0 Å². The van der Waals surface area contributed by atoms with Crippen LogP contribution in [0.5, 0.6) is 23.0 Å². The molecule has 4 aliphatic rings. The fourth-order valence-corrected chi connectivity index (χ4v) is 7.93. The molecule has 182 valence electrons. The lowest BCUT2D eigenvalue weighted by Crippen LogP contribution is -2.58. The van der Waals surface area contributed by atoms with Gasteiger partial charge in [0.05, 0.1) is 0 Å². The predicted octanol–water partition coefficient (Wildman–Crippen LogP) is 5.08. The third kappa shape index (κ3) is 2.15. The zero-order valence-electron chi connectivity index (χ0n) is 21.3. The van der Waals surface area contributed by atoms with Crippen LogP contribution in [0, 0.1) is 0 Å². The van der Waals surface area contributed by atoms with Gasteiger partial charge >= 0.3 is 13.7 Å². The molecule has 11 rings (SSSR count). The predicted molar refractivity (Wildman–Crippen MR) is 162 cm³/mol. The fourth-order valence-electron chi connectivity index (χ4n) is 7.93. The summed E-state index contributed by atoms with van der Waals surface area (Å²) in [4.78, 5) is 0. The van der Waals surface area contributed by atoms with Crippen LogP contribution < -0.4 is 31.3 Å². The van der Waals surface area contributed by atoms with E-state index < -0.39 is 0 Å². The van der Waals surface area contributed by atoms with E-state index >= 15 is 0 Å². The molecule has 0 fully saturated rings. The monoisotopic (exact) mass is 508 g/mol. The van der Waals surface area contributed by atoms with Gasteiger partial charge in [0.2, 0.25) is 0 Å². The van der Waals surface area contributed by atoms with Crippen molar-refractivity contribution in [1.29, 1.82) is 0 Å². The van der Waals surface area contributed by atoms with Crippen molar-refractivity contribution in [3.63, 3.8) is 0 Å². The lowest BCUT2D eigenvalue weighted by atomic mass is 9.42. The van der Waals surface area contributed by atoms with Gasteiger partial charge in [-0.2, -0.15) is 0 Å². The van der Waals surface area contributed by atoms with Gasteiger partial charge in [-0.1, -0.05) is 66.7 Å². The Morgan fingerprint density at radius 3 is 1.45 bits per heavy atom. The van der Waals surface area contributed by atoms with Crippen LogP contribution in [0.2, 0.25) is 0 Å². The third-order valence-corrected chi connectivity index (χ3v) is 9.47.